The van der Waals surface area contributed by atoms with Crippen LogP contribution in [0.2, 0.25) is 0 Å². The maximum atomic E-state index is 10.9. The minimum atomic E-state index is -1.26. The molecule has 0 aliphatic carbocycles. The van der Waals surface area contributed by atoms with Crippen LogP contribution in [-0.4, -0.2) is 42.3 Å². The van der Waals surface area contributed by atoms with Crippen molar-refractivity contribution in [1.82, 2.24) is 10.2 Å². The molecule has 1 aromatic heterocycles. The lowest BCUT2D eigenvalue weighted by Crippen LogP contribution is -2.21. The Morgan fingerprint density at radius 3 is 2.86 bits per heavy atom. The van der Waals surface area contributed by atoms with Gasteiger partial charge in [-0.05, 0) is 6.07 Å². The number of thioether (sulfide) groups is 1. The molecule has 0 amide bonds. The number of hydrogen-bond acceptors (Lipinski definition) is 7. The van der Waals surface area contributed by atoms with Crippen LogP contribution in [0.15, 0.2) is 18.2 Å². The van der Waals surface area contributed by atoms with E-state index in [1.165, 1.54) is 25.1 Å². The number of nitrogens with zero attached hydrogens (tertiary/aromatic N) is 2. The van der Waals surface area contributed by atoms with Crippen molar-refractivity contribution in [2.75, 3.05) is 5.75 Å². The minimum absolute atomic E-state index is 0.0456. The number of aromatic amines is 1. The summed E-state index contributed by atoms with van der Waals surface area (Å²) in [5.41, 5.74) is 0.476. The molecule has 0 aliphatic rings. The summed E-state index contributed by atoms with van der Waals surface area (Å²) in [6, 6.07) is 4.03. The number of H-pyrrole nitrogens is 1. The molecule has 3 N–H and O–H groups in total. The van der Waals surface area contributed by atoms with Gasteiger partial charge in [-0.2, -0.15) is 5.10 Å². The largest absolute Gasteiger partial charge is 0.389 e. The fourth-order valence-electron chi connectivity index (χ4n) is 1.85. The average Bonchev–Trinajstić information content (AvgIpc) is 2.86. The summed E-state index contributed by atoms with van der Waals surface area (Å²) >= 11 is 0.904. The molecule has 2 aromatic rings. The van der Waals surface area contributed by atoms with Crippen molar-refractivity contribution in [2.24, 2.45) is 0 Å². The lowest BCUT2D eigenvalue weighted by Gasteiger charge is -2.15. The highest BCUT2D eigenvalue weighted by molar-refractivity contribution is 8.13. The summed E-state index contributed by atoms with van der Waals surface area (Å²) in [5.74, 6) is 0.0456. The van der Waals surface area contributed by atoms with Crippen molar-refractivity contribution < 1.29 is 19.9 Å². The molecule has 0 saturated heterocycles. The van der Waals surface area contributed by atoms with E-state index in [1.807, 2.05) is 0 Å². The first-order valence-electron chi connectivity index (χ1n) is 6.02. The second-order valence-electron chi connectivity index (χ2n) is 4.41. The molecule has 0 saturated carbocycles. The SMILES string of the molecule is CC(=O)SCC(O)C(O)c1[nH]nc2cc([N+](=O)[O-])ccc12. The Labute approximate surface area is 123 Å². The normalized spacial score (nSPS) is 14.0. The number of rotatable bonds is 5. The van der Waals surface area contributed by atoms with Crippen molar-refractivity contribution in [3.8, 4) is 0 Å². The van der Waals surface area contributed by atoms with Gasteiger partial charge in [0.15, 0.2) is 5.12 Å². The number of nitrogens with one attached hydrogen (secondary N) is 1. The van der Waals surface area contributed by atoms with Crippen LogP contribution in [0.5, 0.6) is 0 Å². The topological polar surface area (TPSA) is 129 Å². The minimum Gasteiger partial charge on any atom is -0.389 e. The van der Waals surface area contributed by atoms with Crippen LogP contribution in [0.1, 0.15) is 18.7 Å². The fraction of sp³-hybridized carbons (Fsp3) is 0.333. The highest BCUT2D eigenvalue weighted by Crippen LogP contribution is 2.27. The van der Waals surface area contributed by atoms with Gasteiger partial charge in [-0.1, -0.05) is 11.8 Å². The summed E-state index contributed by atoms with van der Waals surface area (Å²) in [6.45, 7) is 1.37. The van der Waals surface area contributed by atoms with E-state index in [0.717, 1.165) is 11.8 Å². The van der Waals surface area contributed by atoms with Gasteiger partial charge in [-0.15, -0.1) is 0 Å². The second-order valence-corrected chi connectivity index (χ2v) is 5.61. The van der Waals surface area contributed by atoms with Gasteiger partial charge in [0.05, 0.1) is 22.2 Å². The van der Waals surface area contributed by atoms with Crippen LogP contribution in [0.25, 0.3) is 10.9 Å². The van der Waals surface area contributed by atoms with Crippen LogP contribution >= 0.6 is 11.8 Å². The van der Waals surface area contributed by atoms with E-state index in [0.29, 0.717) is 10.9 Å². The molecule has 8 nitrogen and oxygen atoms in total. The Balaban J connectivity index is 2.25. The second kappa shape index (κ2) is 6.20. The number of aromatic nitrogens is 2. The molecule has 2 atom stereocenters. The van der Waals surface area contributed by atoms with Crippen molar-refractivity contribution in [1.29, 1.82) is 0 Å². The third-order valence-corrected chi connectivity index (χ3v) is 3.81. The number of carbonyl (C=O) groups excluding carboxylic acids is 1. The van der Waals surface area contributed by atoms with E-state index in [9.17, 15) is 25.1 Å². The zero-order valence-electron chi connectivity index (χ0n) is 11.0. The lowest BCUT2D eigenvalue weighted by atomic mass is 10.1. The molecule has 0 aliphatic heterocycles. The van der Waals surface area contributed by atoms with Gasteiger partial charge in [0.25, 0.3) is 5.69 Å². The number of carbonyl (C=O) groups is 1. The van der Waals surface area contributed by atoms with E-state index < -0.39 is 17.1 Å². The number of fused-ring (bicyclic) bond motifs is 1. The molecular formula is C12H13N3O5S. The Bertz CT molecular complexity index is 687. The third kappa shape index (κ3) is 3.38. The van der Waals surface area contributed by atoms with Crippen molar-refractivity contribution in [2.45, 2.75) is 19.1 Å². The Kier molecular flexibility index (Phi) is 4.56. The molecule has 0 radical (unpaired) electrons. The van der Waals surface area contributed by atoms with Crippen LogP contribution in [0, 0.1) is 10.1 Å². The number of non-ortho nitro benzene ring substituents is 1. The van der Waals surface area contributed by atoms with Gasteiger partial charge in [0, 0.05) is 30.2 Å². The summed E-state index contributed by atoms with van der Waals surface area (Å²) in [5, 5.41) is 37.4. The Morgan fingerprint density at radius 2 is 2.24 bits per heavy atom. The van der Waals surface area contributed by atoms with Gasteiger partial charge in [0.1, 0.15) is 6.10 Å². The van der Waals surface area contributed by atoms with Gasteiger partial charge in [0.2, 0.25) is 0 Å². The maximum Gasteiger partial charge on any atom is 0.271 e. The number of nitro benzene ring substituents is 1. The van der Waals surface area contributed by atoms with E-state index in [1.54, 1.807) is 0 Å². The van der Waals surface area contributed by atoms with Gasteiger partial charge in [-0.25, -0.2) is 0 Å². The van der Waals surface area contributed by atoms with E-state index in [2.05, 4.69) is 10.2 Å². The van der Waals surface area contributed by atoms with Crippen molar-refractivity contribution in [3.63, 3.8) is 0 Å². The molecule has 1 aromatic carbocycles. The molecule has 112 valence electrons. The number of aliphatic hydroxyl groups is 2. The highest BCUT2D eigenvalue weighted by atomic mass is 32.2. The average molecular weight is 311 g/mol. The van der Waals surface area contributed by atoms with Gasteiger partial charge in [-0.3, -0.25) is 20.0 Å². The van der Waals surface area contributed by atoms with Gasteiger partial charge >= 0.3 is 0 Å². The molecule has 2 rings (SSSR count). The first kappa shape index (κ1) is 15.4. The quantitative estimate of drug-likeness (QED) is 0.557. The lowest BCUT2D eigenvalue weighted by molar-refractivity contribution is -0.384. The zero-order valence-corrected chi connectivity index (χ0v) is 11.8. The van der Waals surface area contributed by atoms with Crippen LogP contribution in [0.3, 0.4) is 0 Å². The first-order valence-corrected chi connectivity index (χ1v) is 7.00. The predicted molar refractivity (Wildman–Crippen MR) is 76.9 cm³/mol. The monoisotopic (exact) mass is 311 g/mol. The Hall–Kier alpha value is -1.97. The molecule has 0 spiro atoms. The van der Waals surface area contributed by atoms with E-state index in [-0.39, 0.29) is 22.2 Å². The number of aliphatic hydroxyl groups excluding tert-OH is 2. The molecule has 21 heavy (non-hydrogen) atoms. The van der Waals surface area contributed by atoms with Gasteiger partial charge < -0.3 is 10.2 Å². The molecule has 0 bridgehead atoms. The summed E-state index contributed by atoms with van der Waals surface area (Å²) in [7, 11) is 0. The summed E-state index contributed by atoms with van der Waals surface area (Å²) in [6.07, 6.45) is -2.42. The van der Waals surface area contributed by atoms with E-state index in [4.69, 9.17) is 0 Å². The molecule has 0 fully saturated rings. The molecule has 9 heteroatoms. The number of hydrogen-bond donors (Lipinski definition) is 3. The van der Waals surface area contributed by atoms with Crippen LogP contribution in [0.4, 0.5) is 5.69 Å². The predicted octanol–water partition coefficient (Wildman–Crippen LogP) is 1.15. The fourth-order valence-corrected chi connectivity index (χ4v) is 2.43. The summed E-state index contributed by atoms with van der Waals surface area (Å²) < 4.78 is 0. The van der Waals surface area contributed by atoms with Crippen LogP contribution in [-0.2, 0) is 4.79 Å². The van der Waals surface area contributed by atoms with Crippen molar-refractivity contribution >= 4 is 33.5 Å². The summed E-state index contributed by atoms with van der Waals surface area (Å²) in [4.78, 5) is 21.0. The van der Waals surface area contributed by atoms with Crippen molar-refractivity contribution in [3.05, 3.63) is 34.0 Å². The number of nitro groups is 1. The third-order valence-electron chi connectivity index (χ3n) is 2.90. The molecule has 2 unspecified atom stereocenters. The highest BCUT2D eigenvalue weighted by Gasteiger charge is 2.23. The Morgan fingerprint density at radius 1 is 1.52 bits per heavy atom. The smallest absolute Gasteiger partial charge is 0.271 e. The maximum absolute atomic E-state index is 10.9. The van der Waals surface area contributed by atoms with Crippen LogP contribution < -0.4 is 0 Å². The standard InChI is InChI=1S/C12H13N3O5S/c1-6(16)21-5-10(17)12(18)11-8-3-2-7(15(19)20)4-9(8)13-14-11/h2-4,10,12,17-18H,5H2,1H3,(H,13,14). The van der Waals surface area contributed by atoms with E-state index >= 15 is 0 Å². The zero-order chi connectivity index (χ0) is 15.6. The molecular weight excluding hydrogens is 298 g/mol. The molecule has 1 heterocycles. The first-order chi connectivity index (χ1) is 9.90. The number of benzene rings is 1.